The summed E-state index contributed by atoms with van der Waals surface area (Å²) in [5, 5.41) is 0.479. The van der Waals surface area contributed by atoms with Gasteiger partial charge < -0.3 is 19.0 Å². The van der Waals surface area contributed by atoms with E-state index in [0.717, 1.165) is 23.1 Å². The van der Waals surface area contributed by atoms with E-state index in [1.54, 1.807) is 36.3 Å². The molecule has 4 aromatic rings. The number of carbonyl (C=O) groups excluding carboxylic acids is 2. The zero-order chi connectivity index (χ0) is 27.8. The van der Waals surface area contributed by atoms with Crippen LogP contribution in [0.1, 0.15) is 39.5 Å². The fraction of sp³-hybridized carbons (Fsp3) is 0.281. The minimum atomic E-state index is -0.280. The van der Waals surface area contributed by atoms with Crippen molar-refractivity contribution in [2.45, 2.75) is 33.4 Å². The Labute approximate surface area is 228 Å². The highest BCUT2D eigenvalue weighted by Crippen LogP contribution is 2.16. The van der Waals surface area contributed by atoms with Gasteiger partial charge in [-0.25, -0.2) is 0 Å². The minimum absolute atomic E-state index is 0.0530. The summed E-state index contributed by atoms with van der Waals surface area (Å²) in [5.41, 5.74) is 4.21. The molecule has 2 amide bonds. The number of amides is 2. The maximum absolute atomic E-state index is 13.7. The Balaban J connectivity index is 1.62. The lowest BCUT2D eigenvalue weighted by Crippen LogP contribution is -2.44. The molecule has 7 heteroatoms. The number of nitrogens with zero attached hydrogens (tertiary/aromatic N) is 2. The van der Waals surface area contributed by atoms with E-state index < -0.39 is 0 Å². The Morgan fingerprint density at radius 2 is 1.64 bits per heavy atom. The van der Waals surface area contributed by atoms with Gasteiger partial charge in [0.1, 0.15) is 12.1 Å². The highest BCUT2D eigenvalue weighted by Gasteiger charge is 2.24. The molecule has 0 atom stereocenters. The lowest BCUT2D eigenvalue weighted by Gasteiger charge is -2.28. The van der Waals surface area contributed by atoms with E-state index in [4.69, 9.17) is 9.15 Å². The Morgan fingerprint density at radius 1 is 0.897 bits per heavy atom. The minimum Gasteiger partial charge on any atom is -0.464 e. The first-order chi connectivity index (χ1) is 18.9. The van der Waals surface area contributed by atoms with Crippen LogP contribution in [0, 0.1) is 6.92 Å². The standard InChI is InChI=1S/C32H34N2O5/c1-4-24-11-13-26(14-12-24)32(37)33(16-17-38-3)21-30(35)34(19-25-8-6-5-7-9-25)20-27-22-39-29-15-10-23(2)18-28(29)31(27)36/h5-15,18,22H,4,16-17,19-21H2,1-3H3. The molecule has 1 heterocycles. The van der Waals surface area contributed by atoms with Crippen molar-refractivity contribution in [3.63, 3.8) is 0 Å². The molecular weight excluding hydrogens is 492 g/mol. The van der Waals surface area contributed by atoms with Gasteiger partial charge in [0.15, 0.2) is 5.43 Å². The summed E-state index contributed by atoms with van der Waals surface area (Å²) in [6.07, 6.45) is 2.30. The van der Waals surface area contributed by atoms with E-state index >= 15 is 0 Å². The second-order valence-corrected chi connectivity index (χ2v) is 9.60. The highest BCUT2D eigenvalue weighted by atomic mass is 16.5. The number of hydrogen-bond acceptors (Lipinski definition) is 5. The van der Waals surface area contributed by atoms with Crippen LogP contribution in [0.25, 0.3) is 11.0 Å². The van der Waals surface area contributed by atoms with E-state index in [-0.39, 0.29) is 43.4 Å². The van der Waals surface area contributed by atoms with Gasteiger partial charge in [-0.2, -0.15) is 0 Å². The van der Waals surface area contributed by atoms with E-state index in [0.29, 0.717) is 28.7 Å². The zero-order valence-electron chi connectivity index (χ0n) is 22.7. The van der Waals surface area contributed by atoms with Crippen molar-refractivity contribution in [3.8, 4) is 0 Å². The number of fused-ring (bicyclic) bond motifs is 1. The van der Waals surface area contributed by atoms with Gasteiger partial charge in [-0.3, -0.25) is 14.4 Å². The Bertz CT molecular complexity index is 1480. The summed E-state index contributed by atoms with van der Waals surface area (Å²) in [7, 11) is 1.56. The molecule has 0 saturated carbocycles. The maximum atomic E-state index is 13.7. The third-order valence-electron chi connectivity index (χ3n) is 6.72. The van der Waals surface area contributed by atoms with Crippen LogP contribution in [0.2, 0.25) is 0 Å². The van der Waals surface area contributed by atoms with Crippen molar-refractivity contribution < 1.29 is 18.7 Å². The number of carbonyl (C=O) groups is 2. The van der Waals surface area contributed by atoms with Crippen molar-refractivity contribution in [2.75, 3.05) is 26.8 Å². The molecule has 0 saturated heterocycles. The van der Waals surface area contributed by atoms with Crippen LogP contribution in [0.5, 0.6) is 0 Å². The normalized spacial score (nSPS) is 10.9. The summed E-state index contributed by atoms with van der Waals surface area (Å²) in [4.78, 5) is 43.6. The Morgan fingerprint density at radius 3 is 2.33 bits per heavy atom. The van der Waals surface area contributed by atoms with Gasteiger partial charge in [0.05, 0.1) is 30.4 Å². The molecule has 0 unspecified atom stereocenters. The second-order valence-electron chi connectivity index (χ2n) is 9.60. The number of methoxy groups -OCH3 is 1. The first kappa shape index (κ1) is 27.8. The monoisotopic (exact) mass is 526 g/mol. The van der Waals surface area contributed by atoms with Gasteiger partial charge in [0.2, 0.25) is 5.91 Å². The molecule has 7 nitrogen and oxygen atoms in total. The summed E-state index contributed by atoms with van der Waals surface area (Å²) >= 11 is 0. The SMILES string of the molecule is CCc1ccc(C(=O)N(CCOC)CC(=O)N(Cc2ccccc2)Cc2coc3ccc(C)cc3c2=O)cc1. The fourth-order valence-electron chi connectivity index (χ4n) is 4.42. The molecule has 0 aliphatic carbocycles. The quantitative estimate of drug-likeness (QED) is 0.275. The van der Waals surface area contributed by atoms with Crippen LogP contribution in [-0.4, -0.2) is 48.4 Å². The van der Waals surface area contributed by atoms with Crippen molar-refractivity contribution in [2.24, 2.45) is 0 Å². The third kappa shape index (κ3) is 7.00. The molecule has 0 fully saturated rings. The number of ether oxygens (including phenoxy) is 1. The Hall–Kier alpha value is -4.23. The van der Waals surface area contributed by atoms with E-state index in [1.807, 2.05) is 55.5 Å². The summed E-state index contributed by atoms with van der Waals surface area (Å²) in [6.45, 7) is 4.70. The molecule has 0 aliphatic rings. The van der Waals surface area contributed by atoms with Crippen LogP contribution >= 0.6 is 0 Å². The first-order valence-electron chi connectivity index (χ1n) is 13.1. The predicted octanol–water partition coefficient (Wildman–Crippen LogP) is 4.98. The van der Waals surface area contributed by atoms with Gasteiger partial charge in [-0.15, -0.1) is 0 Å². The summed E-state index contributed by atoms with van der Waals surface area (Å²) in [5.74, 6) is -0.527. The van der Waals surface area contributed by atoms with E-state index in [2.05, 4.69) is 6.92 Å². The first-order valence-corrected chi connectivity index (χ1v) is 13.1. The van der Waals surface area contributed by atoms with Crippen LogP contribution in [0.3, 0.4) is 0 Å². The lowest BCUT2D eigenvalue weighted by molar-refractivity contribution is -0.133. The van der Waals surface area contributed by atoms with Crippen LogP contribution in [-0.2, 0) is 29.0 Å². The van der Waals surface area contributed by atoms with Gasteiger partial charge in [-0.1, -0.05) is 61.0 Å². The lowest BCUT2D eigenvalue weighted by atomic mass is 10.1. The van der Waals surface area contributed by atoms with E-state index in [1.165, 1.54) is 11.2 Å². The van der Waals surface area contributed by atoms with Crippen molar-refractivity contribution in [3.05, 3.63) is 117 Å². The predicted molar refractivity (Wildman–Crippen MR) is 152 cm³/mol. The molecule has 0 aliphatic heterocycles. The van der Waals surface area contributed by atoms with Crippen molar-refractivity contribution in [1.29, 1.82) is 0 Å². The number of benzene rings is 3. The molecule has 0 radical (unpaired) electrons. The summed E-state index contributed by atoms with van der Waals surface area (Å²) < 4.78 is 11.0. The number of hydrogen-bond donors (Lipinski definition) is 0. The highest BCUT2D eigenvalue weighted by molar-refractivity contribution is 5.96. The third-order valence-corrected chi connectivity index (χ3v) is 6.72. The molecule has 1 aromatic heterocycles. The Kier molecular flexibility index (Phi) is 9.28. The van der Waals surface area contributed by atoms with Crippen LogP contribution < -0.4 is 5.43 Å². The van der Waals surface area contributed by atoms with Crippen LogP contribution in [0.4, 0.5) is 0 Å². The average Bonchev–Trinajstić information content (AvgIpc) is 2.96. The molecule has 3 aromatic carbocycles. The van der Waals surface area contributed by atoms with Gasteiger partial charge in [0.25, 0.3) is 5.91 Å². The van der Waals surface area contributed by atoms with Gasteiger partial charge in [-0.05, 0) is 48.7 Å². The fourth-order valence-corrected chi connectivity index (χ4v) is 4.42. The smallest absolute Gasteiger partial charge is 0.254 e. The molecular formula is C32H34N2O5. The van der Waals surface area contributed by atoms with Crippen LogP contribution in [0.15, 0.2) is 88.3 Å². The molecule has 0 bridgehead atoms. The largest absolute Gasteiger partial charge is 0.464 e. The molecule has 0 N–H and O–H groups in total. The molecule has 4 rings (SSSR count). The maximum Gasteiger partial charge on any atom is 0.254 e. The van der Waals surface area contributed by atoms with Crippen molar-refractivity contribution in [1.82, 2.24) is 9.80 Å². The average molecular weight is 527 g/mol. The molecule has 39 heavy (non-hydrogen) atoms. The van der Waals surface area contributed by atoms with E-state index in [9.17, 15) is 14.4 Å². The number of rotatable bonds is 11. The second kappa shape index (κ2) is 13.0. The number of aryl methyl sites for hydroxylation is 2. The topological polar surface area (TPSA) is 80.1 Å². The molecule has 202 valence electrons. The summed E-state index contributed by atoms with van der Waals surface area (Å²) in [6, 6.07) is 22.4. The molecule has 0 spiro atoms. The van der Waals surface area contributed by atoms with Gasteiger partial charge in [0, 0.05) is 25.8 Å². The zero-order valence-corrected chi connectivity index (χ0v) is 22.7. The van der Waals surface area contributed by atoms with Crippen molar-refractivity contribution >= 4 is 22.8 Å². The van der Waals surface area contributed by atoms with Gasteiger partial charge >= 0.3 is 0 Å².